The lowest BCUT2D eigenvalue weighted by Crippen LogP contribution is -2.20. The number of anilines is 1. The zero-order valence-electron chi connectivity index (χ0n) is 14.0. The molecule has 0 saturated heterocycles. The van der Waals surface area contributed by atoms with Crippen molar-refractivity contribution in [3.8, 4) is 0 Å². The van der Waals surface area contributed by atoms with Crippen LogP contribution in [0.1, 0.15) is 23.6 Å². The normalized spacial score (nSPS) is 16.5. The number of hydrazone groups is 1. The number of nitrogens with zero attached hydrogens (tertiary/aromatic N) is 2. The molecule has 0 aromatic heterocycles. The number of hydrogen-bond acceptors (Lipinski definition) is 2. The first-order chi connectivity index (χ1) is 13.0. The fourth-order valence-corrected chi connectivity index (χ4v) is 3.74. The molecule has 4 rings (SSSR count). The van der Waals surface area contributed by atoms with Crippen molar-refractivity contribution in [2.75, 3.05) is 5.01 Å². The van der Waals surface area contributed by atoms with Gasteiger partial charge in [-0.15, -0.1) is 0 Å². The van der Waals surface area contributed by atoms with Crippen LogP contribution in [0.25, 0.3) is 0 Å². The van der Waals surface area contributed by atoms with Crippen molar-refractivity contribution in [3.63, 3.8) is 0 Å². The number of hydrogen-bond donors (Lipinski definition) is 0. The lowest BCUT2D eigenvalue weighted by molar-refractivity contribution is 0.606. The molecular formula is C21H14Cl2F2N2. The third-order valence-electron chi connectivity index (χ3n) is 4.51. The van der Waals surface area contributed by atoms with Crippen LogP contribution in [0.15, 0.2) is 71.8 Å². The molecule has 136 valence electrons. The average molecular weight is 403 g/mol. The highest BCUT2D eigenvalue weighted by molar-refractivity contribution is 6.35. The number of benzene rings is 3. The van der Waals surface area contributed by atoms with Crippen LogP contribution in [0, 0.1) is 11.6 Å². The summed E-state index contributed by atoms with van der Waals surface area (Å²) in [4.78, 5) is 0. The Morgan fingerprint density at radius 3 is 2.37 bits per heavy atom. The van der Waals surface area contributed by atoms with Crippen molar-refractivity contribution in [3.05, 3.63) is 99.5 Å². The van der Waals surface area contributed by atoms with Gasteiger partial charge in [0.2, 0.25) is 0 Å². The molecule has 2 nitrogen and oxygen atoms in total. The summed E-state index contributed by atoms with van der Waals surface area (Å²) in [6.45, 7) is 0. The van der Waals surface area contributed by atoms with Gasteiger partial charge in [0.25, 0.3) is 0 Å². The SMILES string of the molecule is Fc1ccc(C2=NN(c3ccccc3F)C(c3ccc(Cl)cc3Cl)C2)cc1. The number of rotatable bonds is 3. The Hall–Kier alpha value is -2.43. The molecule has 1 heterocycles. The summed E-state index contributed by atoms with van der Waals surface area (Å²) < 4.78 is 27.7. The quantitative estimate of drug-likeness (QED) is 0.480. The van der Waals surface area contributed by atoms with Crippen LogP contribution in [0.3, 0.4) is 0 Å². The molecule has 6 heteroatoms. The molecule has 1 atom stereocenters. The van der Waals surface area contributed by atoms with Crippen LogP contribution in [0.2, 0.25) is 10.0 Å². The van der Waals surface area contributed by atoms with E-state index in [-0.39, 0.29) is 17.7 Å². The maximum atomic E-state index is 14.5. The Labute approximate surface area is 165 Å². The molecule has 0 saturated carbocycles. The van der Waals surface area contributed by atoms with Gasteiger partial charge in [-0.3, -0.25) is 5.01 Å². The molecule has 0 aliphatic carbocycles. The third-order valence-corrected chi connectivity index (χ3v) is 5.07. The minimum Gasteiger partial charge on any atom is -0.254 e. The predicted octanol–water partition coefficient (Wildman–Crippen LogP) is 6.63. The van der Waals surface area contributed by atoms with E-state index in [0.717, 1.165) is 16.8 Å². The van der Waals surface area contributed by atoms with Gasteiger partial charge in [0.05, 0.1) is 17.4 Å². The Bertz CT molecular complexity index is 1020. The van der Waals surface area contributed by atoms with Crippen molar-refractivity contribution in [1.29, 1.82) is 0 Å². The Morgan fingerprint density at radius 1 is 0.926 bits per heavy atom. The van der Waals surface area contributed by atoms with Gasteiger partial charge in [-0.05, 0) is 47.5 Å². The first-order valence-electron chi connectivity index (χ1n) is 8.35. The summed E-state index contributed by atoms with van der Waals surface area (Å²) in [5.74, 6) is -0.697. The van der Waals surface area contributed by atoms with Gasteiger partial charge in [0, 0.05) is 16.5 Å². The van der Waals surface area contributed by atoms with E-state index in [0.29, 0.717) is 22.2 Å². The summed E-state index contributed by atoms with van der Waals surface area (Å²) in [7, 11) is 0. The van der Waals surface area contributed by atoms with Gasteiger partial charge in [0.1, 0.15) is 11.6 Å². The average Bonchev–Trinajstić information content (AvgIpc) is 3.07. The van der Waals surface area contributed by atoms with Crippen LogP contribution >= 0.6 is 23.2 Å². The second-order valence-electron chi connectivity index (χ2n) is 6.24. The first kappa shape index (κ1) is 18.0. The van der Waals surface area contributed by atoms with Gasteiger partial charge in [-0.1, -0.05) is 53.5 Å². The molecule has 0 bridgehead atoms. The Balaban J connectivity index is 1.80. The summed E-state index contributed by atoms with van der Waals surface area (Å²) in [5.41, 5.74) is 2.66. The van der Waals surface area contributed by atoms with Crippen LogP contribution in [-0.4, -0.2) is 5.71 Å². The molecule has 0 fully saturated rings. The number of halogens is 4. The van der Waals surface area contributed by atoms with Crippen molar-refractivity contribution < 1.29 is 8.78 Å². The van der Waals surface area contributed by atoms with Gasteiger partial charge >= 0.3 is 0 Å². The van der Waals surface area contributed by atoms with E-state index in [9.17, 15) is 8.78 Å². The highest BCUT2D eigenvalue weighted by atomic mass is 35.5. The van der Waals surface area contributed by atoms with E-state index < -0.39 is 0 Å². The molecule has 0 amide bonds. The third kappa shape index (κ3) is 3.55. The molecule has 3 aromatic rings. The van der Waals surface area contributed by atoms with Gasteiger partial charge < -0.3 is 0 Å². The second kappa shape index (κ2) is 7.29. The van der Waals surface area contributed by atoms with E-state index in [4.69, 9.17) is 23.2 Å². The first-order valence-corrected chi connectivity index (χ1v) is 9.10. The van der Waals surface area contributed by atoms with Gasteiger partial charge in [-0.2, -0.15) is 5.10 Å². The minimum absolute atomic E-state index is 0.299. The minimum atomic E-state index is -0.378. The standard InChI is InChI=1S/C21H14Cl2F2N2/c22-14-7-10-16(17(23)11-14)21-12-19(13-5-8-15(24)9-6-13)26-27(21)20-4-2-1-3-18(20)25/h1-11,21H,12H2. The highest BCUT2D eigenvalue weighted by Crippen LogP contribution is 2.40. The van der Waals surface area contributed by atoms with Crippen molar-refractivity contribution in [2.24, 2.45) is 5.10 Å². The molecule has 0 radical (unpaired) electrons. The molecule has 1 aliphatic heterocycles. The fourth-order valence-electron chi connectivity index (χ4n) is 3.20. The van der Waals surface area contributed by atoms with Crippen molar-refractivity contribution in [2.45, 2.75) is 12.5 Å². The van der Waals surface area contributed by atoms with E-state index in [2.05, 4.69) is 5.10 Å². The lowest BCUT2D eigenvalue weighted by Gasteiger charge is -2.25. The van der Waals surface area contributed by atoms with E-state index in [1.165, 1.54) is 18.2 Å². The zero-order chi connectivity index (χ0) is 19.0. The maximum Gasteiger partial charge on any atom is 0.148 e. The molecule has 0 spiro atoms. The summed E-state index contributed by atoms with van der Waals surface area (Å²) in [6.07, 6.45) is 0.501. The monoisotopic (exact) mass is 402 g/mol. The zero-order valence-corrected chi connectivity index (χ0v) is 15.6. The molecule has 0 N–H and O–H groups in total. The maximum absolute atomic E-state index is 14.5. The molecule has 1 aliphatic rings. The summed E-state index contributed by atoms with van der Waals surface area (Å²) in [5, 5.41) is 7.28. The van der Waals surface area contributed by atoms with Crippen LogP contribution in [-0.2, 0) is 0 Å². The second-order valence-corrected chi connectivity index (χ2v) is 7.08. The number of para-hydroxylation sites is 1. The molecular weight excluding hydrogens is 389 g/mol. The topological polar surface area (TPSA) is 15.6 Å². The van der Waals surface area contributed by atoms with Gasteiger partial charge in [-0.25, -0.2) is 8.78 Å². The highest BCUT2D eigenvalue weighted by Gasteiger charge is 2.32. The van der Waals surface area contributed by atoms with Crippen LogP contribution < -0.4 is 5.01 Å². The summed E-state index contributed by atoms with van der Waals surface area (Å²) >= 11 is 12.4. The van der Waals surface area contributed by atoms with Gasteiger partial charge in [0.15, 0.2) is 0 Å². The summed E-state index contributed by atoms with van der Waals surface area (Å²) in [6, 6.07) is 17.5. The Morgan fingerprint density at radius 2 is 1.67 bits per heavy atom. The Kier molecular flexibility index (Phi) is 4.85. The molecule has 27 heavy (non-hydrogen) atoms. The van der Waals surface area contributed by atoms with Crippen LogP contribution in [0.4, 0.5) is 14.5 Å². The molecule has 1 unspecified atom stereocenters. The van der Waals surface area contributed by atoms with Crippen LogP contribution in [0.5, 0.6) is 0 Å². The van der Waals surface area contributed by atoms with E-state index >= 15 is 0 Å². The van der Waals surface area contributed by atoms with Crippen molar-refractivity contribution in [1.82, 2.24) is 0 Å². The predicted molar refractivity (Wildman–Crippen MR) is 106 cm³/mol. The lowest BCUT2D eigenvalue weighted by atomic mass is 9.98. The van der Waals surface area contributed by atoms with E-state index in [1.807, 2.05) is 6.07 Å². The smallest absolute Gasteiger partial charge is 0.148 e. The van der Waals surface area contributed by atoms with Crippen molar-refractivity contribution >= 4 is 34.6 Å². The fraction of sp³-hybridized carbons (Fsp3) is 0.0952. The largest absolute Gasteiger partial charge is 0.254 e. The molecule has 3 aromatic carbocycles. The van der Waals surface area contributed by atoms with E-state index in [1.54, 1.807) is 47.5 Å².